The molecule has 0 radical (unpaired) electrons. The number of anilines is 1. The van der Waals surface area contributed by atoms with Gasteiger partial charge in [0, 0.05) is 16.8 Å². The molecule has 20 heavy (non-hydrogen) atoms. The molecule has 0 atom stereocenters. The average Bonchev–Trinajstić information content (AvgIpc) is 2.38. The Balaban J connectivity index is 2.23. The Hall–Kier alpha value is -2.62. The van der Waals surface area contributed by atoms with E-state index in [-0.39, 0.29) is 5.91 Å². The van der Waals surface area contributed by atoms with Gasteiger partial charge < -0.3 is 11.1 Å². The lowest BCUT2D eigenvalue weighted by molar-refractivity contribution is 0.0996. The van der Waals surface area contributed by atoms with Crippen LogP contribution in [0.3, 0.4) is 0 Å². The highest BCUT2D eigenvalue weighted by molar-refractivity contribution is 6.06. The van der Waals surface area contributed by atoms with E-state index in [0.717, 1.165) is 11.1 Å². The fourth-order valence-corrected chi connectivity index (χ4v) is 2.02. The number of hydrogen-bond acceptors (Lipinski definition) is 2. The number of primary amides is 1. The van der Waals surface area contributed by atoms with Gasteiger partial charge in [0.25, 0.3) is 5.91 Å². The number of hydrogen-bond donors (Lipinski definition) is 2. The van der Waals surface area contributed by atoms with Crippen LogP contribution in [0.15, 0.2) is 42.5 Å². The Morgan fingerprint density at radius 2 is 1.80 bits per heavy atom. The van der Waals surface area contributed by atoms with E-state index in [1.54, 1.807) is 30.3 Å². The molecule has 2 amide bonds. The SMILES string of the molecule is Cc1ccc(C(=O)Nc2cccc(C(N)=O)c2)c(C)c1. The zero-order chi connectivity index (χ0) is 14.7. The number of amides is 2. The van der Waals surface area contributed by atoms with E-state index >= 15 is 0 Å². The second-order valence-corrected chi connectivity index (χ2v) is 4.72. The van der Waals surface area contributed by atoms with Gasteiger partial charge in [0.2, 0.25) is 5.91 Å². The van der Waals surface area contributed by atoms with Gasteiger partial charge in [-0.1, -0.05) is 23.8 Å². The van der Waals surface area contributed by atoms with Crippen molar-refractivity contribution in [2.24, 2.45) is 5.73 Å². The molecule has 2 rings (SSSR count). The van der Waals surface area contributed by atoms with Gasteiger partial charge in [-0.2, -0.15) is 0 Å². The number of nitrogens with one attached hydrogen (secondary N) is 1. The van der Waals surface area contributed by atoms with E-state index in [1.807, 2.05) is 26.0 Å². The smallest absolute Gasteiger partial charge is 0.255 e. The molecule has 3 N–H and O–H groups in total. The van der Waals surface area contributed by atoms with Gasteiger partial charge >= 0.3 is 0 Å². The highest BCUT2D eigenvalue weighted by Crippen LogP contribution is 2.15. The van der Waals surface area contributed by atoms with E-state index in [1.165, 1.54) is 0 Å². The maximum atomic E-state index is 12.2. The summed E-state index contributed by atoms with van der Waals surface area (Å²) in [5.74, 6) is -0.725. The molecule has 0 aromatic heterocycles. The van der Waals surface area contributed by atoms with E-state index in [4.69, 9.17) is 5.73 Å². The van der Waals surface area contributed by atoms with E-state index in [9.17, 15) is 9.59 Å². The molecule has 102 valence electrons. The number of rotatable bonds is 3. The molecular formula is C16H16N2O2. The second-order valence-electron chi connectivity index (χ2n) is 4.72. The van der Waals surface area contributed by atoms with Crippen molar-refractivity contribution in [3.63, 3.8) is 0 Å². The fourth-order valence-electron chi connectivity index (χ4n) is 2.02. The van der Waals surface area contributed by atoms with Gasteiger partial charge in [-0.15, -0.1) is 0 Å². The summed E-state index contributed by atoms with van der Waals surface area (Å²) in [4.78, 5) is 23.3. The van der Waals surface area contributed by atoms with Crippen molar-refractivity contribution >= 4 is 17.5 Å². The minimum atomic E-state index is -0.521. The largest absolute Gasteiger partial charge is 0.366 e. The summed E-state index contributed by atoms with van der Waals surface area (Å²) in [6, 6.07) is 12.2. The third-order valence-electron chi connectivity index (χ3n) is 3.03. The predicted molar refractivity (Wildman–Crippen MR) is 78.8 cm³/mol. The fraction of sp³-hybridized carbons (Fsp3) is 0.125. The highest BCUT2D eigenvalue weighted by Gasteiger charge is 2.10. The maximum Gasteiger partial charge on any atom is 0.255 e. The Labute approximate surface area is 117 Å². The van der Waals surface area contributed by atoms with Gasteiger partial charge in [0.1, 0.15) is 0 Å². The molecule has 2 aromatic carbocycles. The van der Waals surface area contributed by atoms with Crippen molar-refractivity contribution < 1.29 is 9.59 Å². The molecule has 0 aliphatic heterocycles. The van der Waals surface area contributed by atoms with Gasteiger partial charge in [-0.25, -0.2) is 0 Å². The number of nitrogens with two attached hydrogens (primary N) is 1. The van der Waals surface area contributed by atoms with E-state index in [0.29, 0.717) is 16.8 Å². The molecule has 0 bridgehead atoms. The summed E-state index contributed by atoms with van der Waals surface area (Å²) in [5, 5.41) is 2.77. The lowest BCUT2D eigenvalue weighted by Crippen LogP contribution is -2.15. The van der Waals surface area contributed by atoms with E-state index in [2.05, 4.69) is 5.32 Å². The zero-order valence-corrected chi connectivity index (χ0v) is 11.4. The molecular weight excluding hydrogens is 252 g/mol. The first-order valence-corrected chi connectivity index (χ1v) is 6.26. The van der Waals surface area contributed by atoms with Crippen molar-refractivity contribution in [1.82, 2.24) is 0 Å². The summed E-state index contributed by atoms with van der Waals surface area (Å²) >= 11 is 0. The molecule has 2 aromatic rings. The number of carbonyl (C=O) groups is 2. The standard InChI is InChI=1S/C16H16N2O2/c1-10-6-7-14(11(2)8-10)16(20)18-13-5-3-4-12(9-13)15(17)19/h3-9H,1-2H3,(H2,17,19)(H,18,20). The Morgan fingerprint density at radius 1 is 1.05 bits per heavy atom. The average molecular weight is 268 g/mol. The molecule has 0 saturated heterocycles. The summed E-state index contributed by atoms with van der Waals surface area (Å²) in [6.45, 7) is 3.87. The molecule has 4 nitrogen and oxygen atoms in total. The normalized spacial score (nSPS) is 10.1. The quantitative estimate of drug-likeness (QED) is 0.898. The lowest BCUT2D eigenvalue weighted by atomic mass is 10.1. The Morgan fingerprint density at radius 3 is 2.45 bits per heavy atom. The summed E-state index contributed by atoms with van der Waals surface area (Å²) < 4.78 is 0. The van der Waals surface area contributed by atoms with Gasteiger partial charge in [0.15, 0.2) is 0 Å². The summed E-state index contributed by atoms with van der Waals surface area (Å²) in [7, 11) is 0. The molecule has 0 saturated carbocycles. The van der Waals surface area contributed by atoms with Crippen LogP contribution in [0.1, 0.15) is 31.8 Å². The van der Waals surface area contributed by atoms with Crippen LogP contribution in [0.4, 0.5) is 5.69 Å². The van der Waals surface area contributed by atoms with Crippen molar-refractivity contribution in [3.8, 4) is 0 Å². The first-order chi connectivity index (χ1) is 9.47. The first-order valence-electron chi connectivity index (χ1n) is 6.26. The van der Waals surface area contributed by atoms with Gasteiger partial charge in [0.05, 0.1) is 0 Å². The molecule has 0 fully saturated rings. The zero-order valence-electron chi connectivity index (χ0n) is 11.4. The van der Waals surface area contributed by atoms with Crippen molar-refractivity contribution in [1.29, 1.82) is 0 Å². The predicted octanol–water partition coefficient (Wildman–Crippen LogP) is 2.65. The Bertz CT molecular complexity index is 678. The Kier molecular flexibility index (Phi) is 3.84. The lowest BCUT2D eigenvalue weighted by Gasteiger charge is -2.09. The number of benzene rings is 2. The van der Waals surface area contributed by atoms with Gasteiger partial charge in [-0.3, -0.25) is 9.59 Å². The van der Waals surface area contributed by atoms with Crippen LogP contribution in [-0.2, 0) is 0 Å². The van der Waals surface area contributed by atoms with Crippen LogP contribution in [0.2, 0.25) is 0 Å². The third kappa shape index (κ3) is 3.03. The minimum Gasteiger partial charge on any atom is -0.366 e. The van der Waals surface area contributed by atoms with Crippen LogP contribution < -0.4 is 11.1 Å². The second kappa shape index (κ2) is 5.57. The van der Waals surface area contributed by atoms with Crippen LogP contribution in [0.25, 0.3) is 0 Å². The number of carbonyl (C=O) groups excluding carboxylic acids is 2. The van der Waals surface area contributed by atoms with E-state index < -0.39 is 5.91 Å². The summed E-state index contributed by atoms with van der Waals surface area (Å²) in [6.07, 6.45) is 0. The molecule has 0 heterocycles. The van der Waals surface area contributed by atoms with Crippen LogP contribution in [-0.4, -0.2) is 11.8 Å². The molecule has 4 heteroatoms. The number of aryl methyl sites for hydroxylation is 2. The molecule has 0 unspecified atom stereocenters. The molecule has 0 aliphatic rings. The molecule has 0 aliphatic carbocycles. The third-order valence-corrected chi connectivity index (χ3v) is 3.03. The highest BCUT2D eigenvalue weighted by atomic mass is 16.2. The van der Waals surface area contributed by atoms with Crippen LogP contribution in [0.5, 0.6) is 0 Å². The maximum absolute atomic E-state index is 12.2. The minimum absolute atomic E-state index is 0.205. The van der Waals surface area contributed by atoms with Crippen molar-refractivity contribution in [2.75, 3.05) is 5.32 Å². The van der Waals surface area contributed by atoms with Crippen molar-refractivity contribution in [3.05, 3.63) is 64.7 Å². The van der Waals surface area contributed by atoms with Crippen LogP contribution in [0, 0.1) is 13.8 Å². The topological polar surface area (TPSA) is 72.2 Å². The monoisotopic (exact) mass is 268 g/mol. The first kappa shape index (κ1) is 13.8. The van der Waals surface area contributed by atoms with Crippen molar-refractivity contribution in [2.45, 2.75) is 13.8 Å². The summed E-state index contributed by atoms with van der Waals surface area (Å²) in [5.41, 5.74) is 8.75. The molecule has 0 spiro atoms. The van der Waals surface area contributed by atoms with Gasteiger partial charge in [-0.05, 0) is 43.7 Å². The van der Waals surface area contributed by atoms with Crippen LogP contribution >= 0.6 is 0 Å².